The number of hydrogen-bond donors (Lipinski definition) is 0. The van der Waals surface area contributed by atoms with Crippen molar-refractivity contribution in [1.82, 2.24) is 0 Å². The topological polar surface area (TPSA) is 52.4 Å². The Morgan fingerprint density at radius 2 is 2.29 bits per heavy atom. The Kier molecular flexibility index (Phi) is 3.42. The van der Waals surface area contributed by atoms with E-state index in [1.54, 1.807) is 12.1 Å². The van der Waals surface area contributed by atoms with Crippen LogP contribution in [0.4, 0.5) is 5.69 Å². The molecule has 1 aliphatic rings. The Labute approximate surface area is 100 Å². The highest BCUT2D eigenvalue weighted by molar-refractivity contribution is 5.59. The van der Waals surface area contributed by atoms with Gasteiger partial charge < -0.3 is 4.74 Å². The van der Waals surface area contributed by atoms with Gasteiger partial charge in [-0.15, -0.1) is 0 Å². The number of benzene rings is 1. The summed E-state index contributed by atoms with van der Waals surface area (Å²) in [5.41, 5.74) is 0.745. The Balaban J connectivity index is 2.09. The van der Waals surface area contributed by atoms with Crippen molar-refractivity contribution < 1.29 is 9.66 Å². The monoisotopic (exact) mass is 233 g/mol. The largest absolute Gasteiger partial charge is 0.493 e. The Morgan fingerprint density at radius 1 is 1.53 bits per heavy atom. The molecule has 0 amide bonds. The summed E-state index contributed by atoms with van der Waals surface area (Å²) in [6.07, 6.45) is 5.30. The van der Waals surface area contributed by atoms with Gasteiger partial charge in [-0.05, 0) is 24.8 Å². The molecular weight excluding hydrogens is 218 g/mol. The normalized spacial score (nSPS) is 15.1. The molecule has 1 aliphatic carbocycles. The first-order valence-electron chi connectivity index (χ1n) is 5.74. The molecule has 0 atom stereocenters. The summed E-state index contributed by atoms with van der Waals surface area (Å²) in [6, 6.07) is 4.60. The van der Waals surface area contributed by atoms with E-state index in [1.807, 2.05) is 0 Å². The summed E-state index contributed by atoms with van der Waals surface area (Å²) in [4.78, 5) is 10.2. The molecule has 0 aliphatic heterocycles. The lowest BCUT2D eigenvalue weighted by atomic mass is 9.86. The van der Waals surface area contributed by atoms with Crippen LogP contribution in [0.3, 0.4) is 0 Å². The van der Waals surface area contributed by atoms with Crippen molar-refractivity contribution in [3.63, 3.8) is 0 Å². The number of non-ortho nitro benzene ring substituents is 1. The summed E-state index contributed by atoms with van der Waals surface area (Å²) in [7, 11) is 0. The first-order valence-corrected chi connectivity index (χ1v) is 5.74. The number of rotatable bonds is 5. The number of hydrogen-bond acceptors (Lipinski definition) is 3. The van der Waals surface area contributed by atoms with Gasteiger partial charge in [0.2, 0.25) is 0 Å². The number of nitrogens with zero attached hydrogens (tertiary/aromatic N) is 1. The van der Waals surface area contributed by atoms with E-state index in [9.17, 15) is 10.1 Å². The fraction of sp³-hybridized carbons (Fsp3) is 0.385. The van der Waals surface area contributed by atoms with Crippen LogP contribution in [0.25, 0.3) is 6.08 Å². The third-order valence-electron chi connectivity index (χ3n) is 3.12. The number of nitro groups is 1. The highest BCUT2D eigenvalue weighted by atomic mass is 16.6. The van der Waals surface area contributed by atoms with E-state index in [0.29, 0.717) is 23.8 Å². The van der Waals surface area contributed by atoms with Crippen LogP contribution in [0, 0.1) is 16.0 Å². The van der Waals surface area contributed by atoms with Crippen molar-refractivity contribution in [2.24, 2.45) is 5.92 Å². The van der Waals surface area contributed by atoms with Crippen molar-refractivity contribution in [1.29, 1.82) is 0 Å². The first-order chi connectivity index (χ1) is 8.20. The zero-order valence-corrected chi connectivity index (χ0v) is 9.59. The van der Waals surface area contributed by atoms with Crippen LogP contribution in [0.1, 0.15) is 24.8 Å². The van der Waals surface area contributed by atoms with Crippen molar-refractivity contribution in [3.8, 4) is 5.75 Å². The fourth-order valence-corrected chi connectivity index (χ4v) is 1.81. The van der Waals surface area contributed by atoms with E-state index < -0.39 is 4.92 Å². The second-order valence-corrected chi connectivity index (χ2v) is 4.29. The van der Waals surface area contributed by atoms with Gasteiger partial charge in [-0.3, -0.25) is 10.1 Å². The second kappa shape index (κ2) is 4.99. The molecule has 1 aromatic carbocycles. The van der Waals surface area contributed by atoms with E-state index in [0.717, 1.165) is 0 Å². The van der Waals surface area contributed by atoms with Crippen molar-refractivity contribution in [2.75, 3.05) is 6.61 Å². The summed E-state index contributed by atoms with van der Waals surface area (Å²) in [5, 5.41) is 10.6. The zero-order valence-electron chi connectivity index (χ0n) is 9.59. The lowest BCUT2D eigenvalue weighted by Gasteiger charge is -2.25. The van der Waals surface area contributed by atoms with Gasteiger partial charge in [-0.1, -0.05) is 19.1 Å². The van der Waals surface area contributed by atoms with Gasteiger partial charge >= 0.3 is 0 Å². The van der Waals surface area contributed by atoms with Crippen LogP contribution in [0.2, 0.25) is 0 Å². The third-order valence-corrected chi connectivity index (χ3v) is 3.12. The Bertz CT molecular complexity index is 438. The maximum absolute atomic E-state index is 10.6. The summed E-state index contributed by atoms with van der Waals surface area (Å²) in [5.74, 6) is 1.32. The molecule has 0 heterocycles. The van der Waals surface area contributed by atoms with Gasteiger partial charge in [0.1, 0.15) is 5.75 Å². The van der Waals surface area contributed by atoms with Gasteiger partial charge in [-0.2, -0.15) is 0 Å². The molecule has 17 heavy (non-hydrogen) atoms. The molecule has 0 radical (unpaired) electrons. The van der Waals surface area contributed by atoms with Crippen LogP contribution in [-0.4, -0.2) is 11.5 Å². The average Bonchev–Trinajstić information content (AvgIpc) is 2.27. The smallest absolute Gasteiger partial charge is 0.270 e. The van der Waals surface area contributed by atoms with Gasteiger partial charge in [0, 0.05) is 17.7 Å². The number of nitro benzene ring substituents is 1. The maximum atomic E-state index is 10.6. The van der Waals surface area contributed by atoms with Crippen LogP contribution >= 0.6 is 0 Å². The van der Waals surface area contributed by atoms with Gasteiger partial charge in [0.25, 0.3) is 5.69 Å². The molecule has 0 N–H and O–H groups in total. The molecule has 1 saturated carbocycles. The summed E-state index contributed by atoms with van der Waals surface area (Å²) < 4.78 is 5.67. The van der Waals surface area contributed by atoms with E-state index in [4.69, 9.17) is 4.74 Å². The molecule has 1 aromatic rings. The summed E-state index contributed by atoms with van der Waals surface area (Å²) >= 11 is 0. The molecule has 4 heteroatoms. The molecule has 0 saturated heterocycles. The van der Waals surface area contributed by atoms with Gasteiger partial charge in [0.15, 0.2) is 0 Å². The minimum atomic E-state index is -0.414. The first kappa shape index (κ1) is 11.6. The molecule has 0 bridgehead atoms. The fourth-order valence-electron chi connectivity index (χ4n) is 1.81. The molecule has 2 rings (SSSR count). The second-order valence-electron chi connectivity index (χ2n) is 4.29. The maximum Gasteiger partial charge on any atom is 0.270 e. The van der Waals surface area contributed by atoms with Crippen molar-refractivity contribution in [3.05, 3.63) is 40.5 Å². The Hall–Kier alpha value is -1.84. The lowest BCUT2D eigenvalue weighted by molar-refractivity contribution is -0.384. The Morgan fingerprint density at radius 3 is 2.82 bits per heavy atom. The summed E-state index contributed by atoms with van der Waals surface area (Å²) in [6.45, 7) is 4.34. The van der Waals surface area contributed by atoms with Crippen LogP contribution in [-0.2, 0) is 0 Å². The molecular formula is C13H15NO3. The van der Waals surface area contributed by atoms with Crippen LogP contribution < -0.4 is 4.74 Å². The van der Waals surface area contributed by atoms with E-state index in [1.165, 1.54) is 31.4 Å². The molecule has 1 fully saturated rings. The highest BCUT2D eigenvalue weighted by Crippen LogP contribution is 2.29. The van der Waals surface area contributed by atoms with Crippen molar-refractivity contribution >= 4 is 11.8 Å². The molecule has 90 valence electrons. The predicted molar refractivity (Wildman–Crippen MR) is 66.0 cm³/mol. The molecule has 4 nitrogen and oxygen atoms in total. The van der Waals surface area contributed by atoms with E-state index in [-0.39, 0.29) is 5.69 Å². The SMILES string of the molecule is C=Cc1cc([N+](=O)[O-])ccc1OCC1CCC1. The zero-order chi connectivity index (χ0) is 12.3. The predicted octanol–water partition coefficient (Wildman–Crippen LogP) is 3.42. The number of ether oxygens (including phenoxy) is 1. The molecule has 0 aromatic heterocycles. The quantitative estimate of drug-likeness (QED) is 0.578. The van der Waals surface area contributed by atoms with Crippen LogP contribution in [0.5, 0.6) is 5.75 Å². The van der Waals surface area contributed by atoms with Gasteiger partial charge in [-0.25, -0.2) is 0 Å². The lowest BCUT2D eigenvalue weighted by Crippen LogP contribution is -2.19. The van der Waals surface area contributed by atoms with E-state index in [2.05, 4.69) is 6.58 Å². The minimum Gasteiger partial charge on any atom is -0.493 e. The van der Waals surface area contributed by atoms with Crippen LogP contribution in [0.15, 0.2) is 24.8 Å². The molecule has 0 unspecified atom stereocenters. The molecule has 0 spiro atoms. The minimum absolute atomic E-state index is 0.0656. The van der Waals surface area contributed by atoms with Crippen molar-refractivity contribution in [2.45, 2.75) is 19.3 Å². The average molecular weight is 233 g/mol. The highest BCUT2D eigenvalue weighted by Gasteiger charge is 2.18. The third kappa shape index (κ3) is 2.64. The van der Waals surface area contributed by atoms with E-state index >= 15 is 0 Å². The standard InChI is InChI=1S/C13H15NO3/c1-2-11-8-12(14(15)16)6-7-13(11)17-9-10-4-3-5-10/h2,6-8,10H,1,3-5,9H2. The van der Waals surface area contributed by atoms with Gasteiger partial charge in [0.05, 0.1) is 11.5 Å².